The first-order chi connectivity index (χ1) is 11.1. The normalized spacial score (nSPS) is 11.5. The standard InChI is InChI=1S/C19H28O4/c1-3-4-5-6-7-8-16(20)14-17(21)11-9-15-10-12-18(22)19(13-15)23-2/h10,12-14,21-22H,3-9,11H2,1-2H3. The van der Waals surface area contributed by atoms with E-state index >= 15 is 0 Å². The smallest absolute Gasteiger partial charge is 0.160 e. The SMILES string of the molecule is CCCCCCCC(=O)C=C(O)CCc1ccc(O)c(OC)c1. The van der Waals surface area contributed by atoms with E-state index < -0.39 is 0 Å². The first-order valence-corrected chi connectivity index (χ1v) is 8.35. The Morgan fingerprint density at radius 1 is 1.17 bits per heavy atom. The van der Waals surface area contributed by atoms with Gasteiger partial charge in [-0.05, 0) is 30.5 Å². The summed E-state index contributed by atoms with van der Waals surface area (Å²) >= 11 is 0. The molecule has 0 fully saturated rings. The van der Waals surface area contributed by atoms with Crippen LogP contribution in [0.15, 0.2) is 30.0 Å². The van der Waals surface area contributed by atoms with E-state index in [4.69, 9.17) is 4.74 Å². The van der Waals surface area contributed by atoms with Gasteiger partial charge in [0.1, 0.15) is 0 Å². The molecule has 0 aliphatic rings. The number of aliphatic hydroxyl groups is 1. The number of rotatable bonds is 11. The molecule has 0 saturated carbocycles. The number of carbonyl (C=O) groups is 1. The maximum absolute atomic E-state index is 11.8. The van der Waals surface area contributed by atoms with Crippen LogP contribution in [0.4, 0.5) is 0 Å². The van der Waals surface area contributed by atoms with Crippen molar-refractivity contribution in [1.29, 1.82) is 0 Å². The zero-order valence-corrected chi connectivity index (χ0v) is 14.2. The molecule has 0 heterocycles. The fourth-order valence-corrected chi connectivity index (χ4v) is 2.38. The summed E-state index contributed by atoms with van der Waals surface area (Å²) < 4.78 is 5.05. The van der Waals surface area contributed by atoms with E-state index in [1.807, 2.05) is 0 Å². The molecule has 0 radical (unpaired) electrons. The largest absolute Gasteiger partial charge is 0.512 e. The Morgan fingerprint density at radius 3 is 2.61 bits per heavy atom. The Kier molecular flexibility index (Phi) is 8.88. The number of aromatic hydroxyl groups is 1. The van der Waals surface area contributed by atoms with Crippen LogP contribution in [0.2, 0.25) is 0 Å². The van der Waals surface area contributed by atoms with Crippen LogP contribution in [0, 0.1) is 0 Å². The van der Waals surface area contributed by atoms with Crippen molar-refractivity contribution in [2.45, 2.75) is 58.3 Å². The molecule has 0 saturated heterocycles. The number of unbranched alkanes of at least 4 members (excludes halogenated alkanes) is 4. The summed E-state index contributed by atoms with van der Waals surface area (Å²) in [4.78, 5) is 11.8. The number of ether oxygens (including phenoxy) is 1. The minimum atomic E-state index is -0.0118. The van der Waals surface area contributed by atoms with E-state index in [9.17, 15) is 15.0 Å². The van der Waals surface area contributed by atoms with Gasteiger partial charge in [0.15, 0.2) is 17.3 Å². The molecule has 1 aromatic rings. The van der Waals surface area contributed by atoms with Crippen LogP contribution in [0.5, 0.6) is 11.5 Å². The van der Waals surface area contributed by atoms with E-state index in [2.05, 4.69) is 6.92 Å². The topological polar surface area (TPSA) is 66.8 Å². The van der Waals surface area contributed by atoms with Crippen LogP contribution in [0.25, 0.3) is 0 Å². The summed E-state index contributed by atoms with van der Waals surface area (Å²) in [5.74, 6) is 0.598. The Bertz CT molecular complexity index is 520. The molecule has 4 nitrogen and oxygen atoms in total. The van der Waals surface area contributed by atoms with Gasteiger partial charge in [0, 0.05) is 18.9 Å². The van der Waals surface area contributed by atoms with Crippen LogP contribution < -0.4 is 4.74 Å². The summed E-state index contributed by atoms with van der Waals surface area (Å²) in [6.07, 6.45) is 8.36. The number of aryl methyl sites for hydroxylation is 1. The zero-order valence-electron chi connectivity index (χ0n) is 14.2. The molecule has 0 aliphatic carbocycles. The lowest BCUT2D eigenvalue weighted by molar-refractivity contribution is -0.114. The van der Waals surface area contributed by atoms with E-state index in [-0.39, 0.29) is 17.3 Å². The number of hydrogen-bond donors (Lipinski definition) is 2. The quantitative estimate of drug-likeness (QED) is 0.352. The van der Waals surface area contributed by atoms with Crippen molar-refractivity contribution in [2.24, 2.45) is 0 Å². The molecular formula is C19H28O4. The third kappa shape index (κ3) is 7.73. The van der Waals surface area contributed by atoms with Crippen molar-refractivity contribution in [2.75, 3.05) is 7.11 Å². The van der Waals surface area contributed by atoms with Gasteiger partial charge in [-0.15, -0.1) is 0 Å². The molecular weight excluding hydrogens is 292 g/mol. The summed E-state index contributed by atoms with van der Waals surface area (Å²) in [6, 6.07) is 5.08. The van der Waals surface area contributed by atoms with E-state index in [1.54, 1.807) is 18.2 Å². The summed E-state index contributed by atoms with van der Waals surface area (Å²) in [7, 11) is 1.50. The fourth-order valence-electron chi connectivity index (χ4n) is 2.38. The monoisotopic (exact) mass is 320 g/mol. The fraction of sp³-hybridized carbons (Fsp3) is 0.526. The predicted molar refractivity (Wildman–Crippen MR) is 92.1 cm³/mol. The van der Waals surface area contributed by atoms with Gasteiger partial charge in [0.2, 0.25) is 0 Å². The molecule has 1 rings (SSSR count). The van der Waals surface area contributed by atoms with Gasteiger partial charge in [0.25, 0.3) is 0 Å². The Morgan fingerprint density at radius 2 is 1.91 bits per heavy atom. The predicted octanol–water partition coefficient (Wildman–Crippen LogP) is 4.70. The number of aliphatic hydroxyl groups excluding tert-OH is 1. The molecule has 0 aromatic heterocycles. The van der Waals surface area contributed by atoms with Crippen LogP contribution >= 0.6 is 0 Å². The van der Waals surface area contributed by atoms with Crippen molar-refractivity contribution in [3.63, 3.8) is 0 Å². The number of phenols is 1. The first kappa shape index (κ1) is 19.1. The number of carbonyl (C=O) groups excluding carboxylic acids is 1. The Labute approximate surface area is 138 Å². The molecule has 0 unspecified atom stereocenters. The second-order valence-corrected chi connectivity index (χ2v) is 5.77. The summed E-state index contributed by atoms with van der Waals surface area (Å²) in [5.41, 5.74) is 0.937. The number of methoxy groups -OCH3 is 1. The lowest BCUT2D eigenvalue weighted by Gasteiger charge is -2.06. The number of phenolic OH excluding ortho intramolecular Hbond substituents is 1. The lowest BCUT2D eigenvalue weighted by Crippen LogP contribution is -1.97. The molecule has 23 heavy (non-hydrogen) atoms. The molecule has 128 valence electrons. The molecule has 1 aromatic carbocycles. The average Bonchev–Trinajstić information content (AvgIpc) is 2.54. The van der Waals surface area contributed by atoms with Gasteiger partial charge in [0.05, 0.1) is 12.9 Å². The molecule has 0 spiro atoms. The highest BCUT2D eigenvalue weighted by Crippen LogP contribution is 2.27. The highest BCUT2D eigenvalue weighted by molar-refractivity contribution is 5.89. The maximum atomic E-state index is 11.8. The van der Waals surface area contributed by atoms with Gasteiger partial charge in [-0.3, -0.25) is 4.79 Å². The van der Waals surface area contributed by atoms with Crippen LogP contribution in [-0.2, 0) is 11.2 Å². The highest BCUT2D eigenvalue weighted by Gasteiger charge is 2.05. The van der Waals surface area contributed by atoms with Crippen molar-refractivity contribution in [3.8, 4) is 11.5 Å². The Balaban J connectivity index is 2.37. The third-order valence-electron chi connectivity index (χ3n) is 3.77. The van der Waals surface area contributed by atoms with E-state index in [0.717, 1.165) is 18.4 Å². The van der Waals surface area contributed by atoms with E-state index in [0.29, 0.717) is 25.0 Å². The lowest BCUT2D eigenvalue weighted by atomic mass is 10.1. The minimum absolute atomic E-state index is 0.0118. The van der Waals surface area contributed by atoms with Gasteiger partial charge < -0.3 is 14.9 Å². The van der Waals surface area contributed by atoms with Crippen molar-refractivity contribution < 1.29 is 19.7 Å². The van der Waals surface area contributed by atoms with Gasteiger partial charge >= 0.3 is 0 Å². The van der Waals surface area contributed by atoms with Gasteiger partial charge in [-0.25, -0.2) is 0 Å². The minimum Gasteiger partial charge on any atom is -0.512 e. The number of allylic oxidation sites excluding steroid dienone is 2. The van der Waals surface area contributed by atoms with Crippen molar-refractivity contribution >= 4 is 5.78 Å². The molecule has 0 amide bonds. The second kappa shape index (κ2) is 10.7. The van der Waals surface area contributed by atoms with Gasteiger partial charge in [-0.2, -0.15) is 0 Å². The zero-order chi connectivity index (χ0) is 17.1. The molecule has 0 atom stereocenters. The third-order valence-corrected chi connectivity index (χ3v) is 3.77. The maximum Gasteiger partial charge on any atom is 0.160 e. The number of ketones is 1. The van der Waals surface area contributed by atoms with Crippen LogP contribution in [-0.4, -0.2) is 23.1 Å². The van der Waals surface area contributed by atoms with Crippen molar-refractivity contribution in [1.82, 2.24) is 0 Å². The van der Waals surface area contributed by atoms with Gasteiger partial charge in [-0.1, -0.05) is 38.7 Å². The second-order valence-electron chi connectivity index (χ2n) is 5.77. The number of hydrogen-bond acceptors (Lipinski definition) is 4. The van der Waals surface area contributed by atoms with Crippen LogP contribution in [0.3, 0.4) is 0 Å². The van der Waals surface area contributed by atoms with E-state index in [1.165, 1.54) is 32.4 Å². The molecule has 0 aliphatic heterocycles. The average molecular weight is 320 g/mol. The molecule has 4 heteroatoms. The summed E-state index contributed by atoms with van der Waals surface area (Å²) in [6.45, 7) is 2.16. The molecule has 0 bridgehead atoms. The Hall–Kier alpha value is -1.97. The summed E-state index contributed by atoms with van der Waals surface area (Å²) in [5, 5.41) is 19.4. The first-order valence-electron chi connectivity index (χ1n) is 8.35. The number of benzene rings is 1. The molecule has 2 N–H and O–H groups in total. The van der Waals surface area contributed by atoms with Crippen LogP contribution in [0.1, 0.15) is 57.4 Å². The van der Waals surface area contributed by atoms with Crippen molar-refractivity contribution in [3.05, 3.63) is 35.6 Å². The highest BCUT2D eigenvalue weighted by atomic mass is 16.5.